The highest BCUT2D eigenvalue weighted by molar-refractivity contribution is 6.26. The van der Waals surface area contributed by atoms with Crippen molar-refractivity contribution in [1.29, 1.82) is 0 Å². The van der Waals surface area contributed by atoms with Gasteiger partial charge in [-0.3, -0.25) is 0 Å². The zero-order chi connectivity index (χ0) is 45.3. The summed E-state index contributed by atoms with van der Waals surface area (Å²) < 4.78 is 0. The summed E-state index contributed by atoms with van der Waals surface area (Å²) >= 11 is 0. The molecule has 320 valence electrons. The van der Waals surface area contributed by atoms with Crippen LogP contribution in [0.5, 0.6) is 0 Å². The van der Waals surface area contributed by atoms with E-state index in [9.17, 15) is 0 Å². The lowest BCUT2D eigenvalue weighted by molar-refractivity contribution is 0.768. The molecule has 0 aromatic heterocycles. The predicted molar refractivity (Wildman–Crippen MR) is 287 cm³/mol. The van der Waals surface area contributed by atoms with E-state index in [0.717, 1.165) is 17.1 Å². The lowest BCUT2D eigenvalue weighted by Crippen LogP contribution is -2.28. The van der Waals surface area contributed by atoms with Crippen LogP contribution in [0, 0.1) is 0 Å². The van der Waals surface area contributed by atoms with Crippen molar-refractivity contribution in [1.82, 2.24) is 0 Å². The van der Waals surface area contributed by atoms with Crippen LogP contribution in [0.2, 0.25) is 0 Å². The summed E-state index contributed by atoms with van der Waals surface area (Å²) in [5.74, 6) is 0. The quantitative estimate of drug-likeness (QED) is 0.156. The molecular formula is C68H43N. The van der Waals surface area contributed by atoms with Gasteiger partial charge in [0.05, 0.1) is 16.5 Å². The maximum absolute atomic E-state index is 2.58. The minimum absolute atomic E-state index is 0.478. The van der Waals surface area contributed by atoms with Crippen molar-refractivity contribution in [3.05, 3.63) is 305 Å². The van der Waals surface area contributed by atoms with Gasteiger partial charge < -0.3 is 4.90 Å². The Morgan fingerprint density at radius 2 is 0.623 bits per heavy atom. The molecule has 1 spiro atoms. The third kappa shape index (κ3) is 4.98. The molecule has 0 N–H and O–H groups in total. The van der Waals surface area contributed by atoms with Crippen LogP contribution in [0.25, 0.3) is 65.7 Å². The zero-order valence-electron chi connectivity index (χ0n) is 37.8. The molecule has 0 radical (unpaired) electrons. The Morgan fingerprint density at radius 1 is 0.232 bits per heavy atom. The molecule has 15 rings (SSSR count). The van der Waals surface area contributed by atoms with Gasteiger partial charge in [0.2, 0.25) is 0 Å². The van der Waals surface area contributed by atoms with Crippen molar-refractivity contribution in [2.45, 2.75) is 10.8 Å². The van der Waals surface area contributed by atoms with Gasteiger partial charge in [0, 0.05) is 16.9 Å². The summed E-state index contributed by atoms with van der Waals surface area (Å²) in [6, 6.07) is 98.2. The second kappa shape index (κ2) is 14.4. The number of hydrogen-bond acceptors (Lipinski definition) is 1. The van der Waals surface area contributed by atoms with Crippen molar-refractivity contribution in [2.75, 3.05) is 4.90 Å². The summed E-state index contributed by atoms with van der Waals surface area (Å²) in [5, 5.41) is 7.57. The third-order valence-electron chi connectivity index (χ3n) is 15.9. The van der Waals surface area contributed by atoms with Gasteiger partial charge in [-0.15, -0.1) is 0 Å². The van der Waals surface area contributed by atoms with E-state index in [2.05, 4.69) is 266 Å². The Balaban J connectivity index is 1.06. The number of anilines is 3. The lowest BCUT2D eigenvalue weighted by Gasteiger charge is -2.35. The average Bonchev–Trinajstić information content (AvgIpc) is 4.02. The van der Waals surface area contributed by atoms with Crippen LogP contribution >= 0.6 is 0 Å². The highest BCUT2D eigenvalue weighted by Gasteiger charge is 2.53. The molecule has 0 heterocycles. The summed E-state index contributed by atoms with van der Waals surface area (Å²) in [5.41, 5.74) is 20.5. The Hall–Kier alpha value is -8.78. The second-order valence-electron chi connectivity index (χ2n) is 19.0. The first-order valence-corrected chi connectivity index (χ1v) is 24.2. The molecule has 0 fully saturated rings. The monoisotopic (exact) mass is 873 g/mol. The molecule has 1 heteroatoms. The van der Waals surface area contributed by atoms with E-state index in [4.69, 9.17) is 0 Å². The van der Waals surface area contributed by atoms with Gasteiger partial charge in [0.25, 0.3) is 0 Å². The molecule has 3 aliphatic carbocycles. The van der Waals surface area contributed by atoms with E-state index in [0.29, 0.717) is 0 Å². The van der Waals surface area contributed by atoms with Crippen LogP contribution in [0.3, 0.4) is 0 Å². The van der Waals surface area contributed by atoms with E-state index < -0.39 is 10.8 Å². The molecule has 0 saturated carbocycles. The van der Waals surface area contributed by atoms with Crippen LogP contribution in [0.1, 0.15) is 44.5 Å². The summed E-state index contributed by atoms with van der Waals surface area (Å²) in [6.45, 7) is 0. The first-order chi connectivity index (χ1) is 34.3. The molecule has 0 saturated heterocycles. The number of benzene rings is 12. The Morgan fingerprint density at radius 3 is 1.19 bits per heavy atom. The fourth-order valence-electron chi connectivity index (χ4n) is 13.3. The minimum Gasteiger partial charge on any atom is -0.310 e. The number of fused-ring (bicyclic) bond motifs is 19. The third-order valence-corrected chi connectivity index (χ3v) is 15.9. The topological polar surface area (TPSA) is 3.24 Å². The fourth-order valence-corrected chi connectivity index (χ4v) is 13.3. The van der Waals surface area contributed by atoms with Gasteiger partial charge in [0.15, 0.2) is 0 Å². The largest absolute Gasteiger partial charge is 0.310 e. The van der Waals surface area contributed by atoms with Crippen LogP contribution in [-0.4, -0.2) is 0 Å². The Labute approximate surface area is 401 Å². The number of hydrogen-bond donors (Lipinski definition) is 0. The molecule has 69 heavy (non-hydrogen) atoms. The van der Waals surface area contributed by atoms with E-state index in [1.807, 2.05) is 0 Å². The van der Waals surface area contributed by atoms with Gasteiger partial charge in [-0.2, -0.15) is 0 Å². The van der Waals surface area contributed by atoms with E-state index in [-0.39, 0.29) is 0 Å². The smallest absolute Gasteiger partial charge is 0.0726 e. The maximum Gasteiger partial charge on any atom is 0.0726 e. The van der Waals surface area contributed by atoms with Gasteiger partial charge in [-0.1, -0.05) is 231 Å². The van der Waals surface area contributed by atoms with Crippen molar-refractivity contribution in [3.8, 4) is 33.4 Å². The van der Waals surface area contributed by atoms with E-state index in [1.54, 1.807) is 0 Å². The highest BCUT2D eigenvalue weighted by Crippen LogP contribution is 2.65. The molecule has 0 atom stereocenters. The van der Waals surface area contributed by atoms with Gasteiger partial charge in [0.1, 0.15) is 0 Å². The van der Waals surface area contributed by atoms with Gasteiger partial charge in [-0.05, 0) is 135 Å². The van der Waals surface area contributed by atoms with Crippen molar-refractivity contribution < 1.29 is 0 Å². The molecule has 3 aliphatic rings. The molecule has 0 unspecified atom stereocenters. The molecule has 0 amide bonds. The molecule has 1 nitrogen and oxygen atoms in total. The number of rotatable bonds is 5. The Kier molecular flexibility index (Phi) is 7.98. The molecule has 0 bridgehead atoms. The maximum atomic E-state index is 2.58. The molecular weight excluding hydrogens is 831 g/mol. The van der Waals surface area contributed by atoms with Crippen LogP contribution < -0.4 is 4.90 Å². The van der Waals surface area contributed by atoms with Crippen LogP contribution in [0.4, 0.5) is 17.1 Å². The molecule has 0 aliphatic heterocycles. The second-order valence-corrected chi connectivity index (χ2v) is 19.0. The van der Waals surface area contributed by atoms with E-state index >= 15 is 0 Å². The van der Waals surface area contributed by atoms with Crippen LogP contribution in [-0.2, 0) is 10.8 Å². The number of nitrogens with zero attached hydrogens (tertiary/aromatic N) is 1. The zero-order valence-corrected chi connectivity index (χ0v) is 37.8. The van der Waals surface area contributed by atoms with Crippen molar-refractivity contribution in [2.24, 2.45) is 0 Å². The highest BCUT2D eigenvalue weighted by atomic mass is 15.1. The average molecular weight is 874 g/mol. The Bertz CT molecular complexity index is 3970. The first-order valence-electron chi connectivity index (χ1n) is 24.2. The minimum atomic E-state index is -0.554. The van der Waals surface area contributed by atoms with E-state index in [1.165, 1.54) is 110 Å². The van der Waals surface area contributed by atoms with Crippen molar-refractivity contribution in [3.63, 3.8) is 0 Å². The SMILES string of the molecule is c1ccc(C2(c3ccccc3)c3ccccc3-c3ccc(N(c4ccc5c6ccccc6c6ccccc6c5c4)c4cccc5c4-c4ccccc4C54c5ccccc5-c5ccccc54)cc32)cc1. The van der Waals surface area contributed by atoms with Crippen LogP contribution in [0.15, 0.2) is 261 Å². The van der Waals surface area contributed by atoms with Gasteiger partial charge in [-0.25, -0.2) is 0 Å². The fraction of sp³-hybridized carbons (Fsp3) is 0.0294. The summed E-state index contributed by atoms with van der Waals surface area (Å²) in [4.78, 5) is 2.58. The first kappa shape index (κ1) is 38.3. The molecule has 12 aromatic rings. The van der Waals surface area contributed by atoms with Gasteiger partial charge >= 0.3 is 0 Å². The summed E-state index contributed by atoms with van der Waals surface area (Å²) in [7, 11) is 0. The molecule has 12 aromatic carbocycles. The normalized spacial score (nSPS) is 14.0. The van der Waals surface area contributed by atoms with Crippen molar-refractivity contribution >= 4 is 49.4 Å². The standard InChI is InChI=1S/C68H43N/c1-3-20-44(21-4-1)67(45-22-5-2-6-23-45)59-32-15-11-30-55(59)56-41-39-47(43-64(56)67)69(46-38-40-52-50-26-8-7-24-48(50)49-25-9-10-27-51(49)58(52)42-46)65-37-19-36-63-66(65)57-31-14-18-35-62(57)68(63)60-33-16-12-28-53(60)54-29-13-17-34-61(54)68/h1-43H. The lowest BCUT2D eigenvalue weighted by atomic mass is 9.67. The predicted octanol–water partition coefficient (Wildman–Crippen LogP) is 17.3. The summed E-state index contributed by atoms with van der Waals surface area (Å²) in [6.07, 6.45) is 0.